The smallest absolute Gasteiger partial charge is 0.138 e. The van der Waals surface area contributed by atoms with Gasteiger partial charge in [0.2, 0.25) is 0 Å². The number of thioether (sulfide) groups is 1. The van der Waals surface area contributed by atoms with Crippen molar-refractivity contribution in [3.8, 4) is 0 Å². The Balaban J connectivity index is 1.47. The normalized spacial score (nSPS) is 20.6. The quantitative estimate of drug-likeness (QED) is 0.866. The molecule has 0 atom stereocenters. The second kappa shape index (κ2) is 6.71. The minimum absolute atomic E-state index is 0.745. The summed E-state index contributed by atoms with van der Waals surface area (Å²) in [7, 11) is 0. The molecule has 1 heterocycles. The van der Waals surface area contributed by atoms with Crippen molar-refractivity contribution in [3.63, 3.8) is 0 Å². The first-order chi connectivity index (χ1) is 9.40. The molecular formula is C15H23N3S. The second-order valence-corrected chi connectivity index (χ2v) is 6.98. The fourth-order valence-electron chi connectivity index (χ4n) is 2.57. The lowest BCUT2D eigenvalue weighted by Crippen LogP contribution is -2.17. The third-order valence-electron chi connectivity index (χ3n) is 3.91. The summed E-state index contributed by atoms with van der Waals surface area (Å²) in [5.74, 6) is 1.98. The zero-order chi connectivity index (χ0) is 12.9. The molecular weight excluding hydrogens is 254 g/mol. The Morgan fingerprint density at radius 2 is 2.00 bits per heavy atom. The van der Waals surface area contributed by atoms with Gasteiger partial charge in [-0.15, -0.1) is 0 Å². The largest absolute Gasteiger partial charge is 0.308 e. The van der Waals surface area contributed by atoms with Gasteiger partial charge in [-0.2, -0.15) is 11.8 Å². The molecule has 2 aliphatic rings. The fraction of sp³-hybridized carbons (Fsp3) is 0.733. The summed E-state index contributed by atoms with van der Waals surface area (Å²) < 4.78 is 0. The van der Waals surface area contributed by atoms with E-state index in [2.05, 4.69) is 27.0 Å². The van der Waals surface area contributed by atoms with Crippen LogP contribution < -0.4 is 5.32 Å². The second-order valence-electron chi connectivity index (χ2n) is 5.69. The summed E-state index contributed by atoms with van der Waals surface area (Å²) in [6.45, 7) is 0.897. The lowest BCUT2D eigenvalue weighted by atomic mass is 10.0. The number of hydrogen-bond acceptors (Lipinski definition) is 4. The molecule has 1 aromatic rings. The molecule has 104 valence electrons. The molecule has 2 aliphatic carbocycles. The molecule has 0 amide bonds. The van der Waals surface area contributed by atoms with Crippen LogP contribution in [0.25, 0.3) is 0 Å². The maximum absolute atomic E-state index is 4.66. The Bertz CT molecular complexity index is 400. The number of rotatable bonds is 6. The summed E-state index contributed by atoms with van der Waals surface area (Å²) >= 11 is 2.05. The summed E-state index contributed by atoms with van der Waals surface area (Å²) in [5.41, 5.74) is 1.14. The molecule has 0 aliphatic heterocycles. The van der Waals surface area contributed by atoms with Crippen LogP contribution in [0.2, 0.25) is 0 Å². The van der Waals surface area contributed by atoms with Crippen molar-refractivity contribution in [2.45, 2.75) is 68.5 Å². The molecule has 0 spiro atoms. The van der Waals surface area contributed by atoms with E-state index < -0.39 is 0 Å². The van der Waals surface area contributed by atoms with Gasteiger partial charge in [-0.25, -0.2) is 9.97 Å². The Kier molecular flexibility index (Phi) is 4.72. The first kappa shape index (κ1) is 13.4. The highest BCUT2D eigenvalue weighted by Gasteiger charge is 2.20. The standard InChI is InChI=1S/C15H23N3S/c1-2-4-14(5-3-1)19-11-15-16-9-8-13(18-15)10-17-12-6-7-12/h8-9,12,14,17H,1-7,10-11H2. The molecule has 2 saturated carbocycles. The Hall–Kier alpha value is -0.610. The zero-order valence-corrected chi connectivity index (χ0v) is 12.3. The van der Waals surface area contributed by atoms with Gasteiger partial charge in [-0.3, -0.25) is 0 Å². The van der Waals surface area contributed by atoms with Crippen molar-refractivity contribution in [1.29, 1.82) is 0 Å². The van der Waals surface area contributed by atoms with Gasteiger partial charge in [0, 0.05) is 24.0 Å². The van der Waals surface area contributed by atoms with Crippen molar-refractivity contribution < 1.29 is 0 Å². The molecule has 19 heavy (non-hydrogen) atoms. The minimum Gasteiger partial charge on any atom is -0.308 e. The van der Waals surface area contributed by atoms with Crippen LogP contribution >= 0.6 is 11.8 Å². The molecule has 3 nitrogen and oxygen atoms in total. The Labute approximate surface area is 120 Å². The van der Waals surface area contributed by atoms with E-state index in [0.29, 0.717) is 0 Å². The molecule has 4 heteroatoms. The van der Waals surface area contributed by atoms with Crippen LogP contribution in [0.4, 0.5) is 0 Å². The highest BCUT2D eigenvalue weighted by molar-refractivity contribution is 7.99. The average Bonchev–Trinajstić information content (AvgIpc) is 3.29. The van der Waals surface area contributed by atoms with E-state index in [1.54, 1.807) is 0 Å². The van der Waals surface area contributed by atoms with E-state index in [9.17, 15) is 0 Å². The number of nitrogens with one attached hydrogen (secondary N) is 1. The van der Waals surface area contributed by atoms with Crippen molar-refractivity contribution in [1.82, 2.24) is 15.3 Å². The number of nitrogens with zero attached hydrogens (tertiary/aromatic N) is 2. The third kappa shape index (κ3) is 4.46. The Morgan fingerprint density at radius 1 is 1.16 bits per heavy atom. The van der Waals surface area contributed by atoms with E-state index in [1.807, 2.05) is 12.3 Å². The predicted octanol–water partition coefficient (Wildman–Crippen LogP) is 3.29. The molecule has 0 aromatic carbocycles. The number of hydrogen-bond donors (Lipinski definition) is 1. The number of aromatic nitrogens is 2. The van der Waals surface area contributed by atoms with E-state index in [-0.39, 0.29) is 0 Å². The van der Waals surface area contributed by atoms with Crippen molar-refractivity contribution in [2.24, 2.45) is 0 Å². The van der Waals surface area contributed by atoms with Crippen molar-refractivity contribution in [3.05, 3.63) is 23.8 Å². The molecule has 0 bridgehead atoms. The average molecular weight is 277 g/mol. The van der Waals surface area contributed by atoms with Gasteiger partial charge >= 0.3 is 0 Å². The van der Waals surface area contributed by atoms with Crippen LogP contribution in [0.5, 0.6) is 0 Å². The van der Waals surface area contributed by atoms with Crippen molar-refractivity contribution in [2.75, 3.05) is 0 Å². The first-order valence-corrected chi connectivity index (χ1v) is 8.61. The molecule has 0 saturated heterocycles. The van der Waals surface area contributed by atoms with Crippen LogP contribution in [0.3, 0.4) is 0 Å². The highest BCUT2D eigenvalue weighted by Crippen LogP contribution is 2.29. The van der Waals surface area contributed by atoms with Crippen LogP contribution in [0, 0.1) is 0 Å². The van der Waals surface area contributed by atoms with E-state index >= 15 is 0 Å². The lowest BCUT2D eigenvalue weighted by molar-refractivity contribution is 0.516. The molecule has 2 fully saturated rings. The first-order valence-electron chi connectivity index (χ1n) is 7.56. The van der Waals surface area contributed by atoms with E-state index in [1.165, 1.54) is 44.9 Å². The maximum atomic E-state index is 4.66. The van der Waals surface area contributed by atoms with Crippen LogP contribution in [0.1, 0.15) is 56.5 Å². The van der Waals surface area contributed by atoms with E-state index in [4.69, 9.17) is 0 Å². The van der Waals surface area contributed by atoms with Crippen LogP contribution in [-0.4, -0.2) is 21.3 Å². The van der Waals surface area contributed by atoms with Gasteiger partial charge in [-0.1, -0.05) is 19.3 Å². The zero-order valence-electron chi connectivity index (χ0n) is 11.5. The molecule has 1 aromatic heterocycles. The Morgan fingerprint density at radius 3 is 2.79 bits per heavy atom. The van der Waals surface area contributed by atoms with Gasteiger partial charge in [0.1, 0.15) is 5.82 Å². The van der Waals surface area contributed by atoms with Gasteiger partial charge in [0.15, 0.2) is 0 Å². The van der Waals surface area contributed by atoms with E-state index in [0.717, 1.165) is 35.1 Å². The molecule has 3 rings (SSSR count). The van der Waals surface area contributed by atoms with Crippen LogP contribution in [-0.2, 0) is 12.3 Å². The third-order valence-corrected chi connectivity index (χ3v) is 5.28. The molecule has 0 unspecified atom stereocenters. The lowest BCUT2D eigenvalue weighted by Gasteiger charge is -2.20. The monoisotopic (exact) mass is 277 g/mol. The van der Waals surface area contributed by atoms with Gasteiger partial charge in [0.05, 0.1) is 11.4 Å². The summed E-state index contributed by atoms with van der Waals surface area (Å²) in [4.78, 5) is 9.07. The topological polar surface area (TPSA) is 37.8 Å². The fourth-order valence-corrected chi connectivity index (χ4v) is 3.76. The van der Waals surface area contributed by atoms with Gasteiger partial charge < -0.3 is 5.32 Å². The highest BCUT2D eigenvalue weighted by atomic mass is 32.2. The summed E-state index contributed by atoms with van der Waals surface area (Å²) in [5, 5.41) is 4.35. The molecule has 1 N–H and O–H groups in total. The van der Waals surface area contributed by atoms with Crippen molar-refractivity contribution >= 4 is 11.8 Å². The van der Waals surface area contributed by atoms with Gasteiger partial charge in [-0.05, 0) is 31.7 Å². The SMILES string of the molecule is c1cc(CNC2CC2)nc(CSC2CCCCC2)n1. The maximum Gasteiger partial charge on any atom is 0.138 e. The molecule has 0 radical (unpaired) electrons. The summed E-state index contributed by atoms with van der Waals surface area (Å²) in [6.07, 6.45) is 11.6. The minimum atomic E-state index is 0.745. The predicted molar refractivity (Wildman–Crippen MR) is 80.1 cm³/mol. The summed E-state index contributed by atoms with van der Waals surface area (Å²) in [6, 6.07) is 2.78. The van der Waals surface area contributed by atoms with Gasteiger partial charge in [0.25, 0.3) is 0 Å². The van der Waals surface area contributed by atoms with Crippen LogP contribution in [0.15, 0.2) is 12.3 Å².